The molecule has 0 N–H and O–H groups in total. The average Bonchev–Trinajstić information content (AvgIpc) is 2.08. The van der Waals surface area contributed by atoms with Gasteiger partial charge in [-0.1, -0.05) is 66.7 Å². The summed E-state index contributed by atoms with van der Waals surface area (Å²) in [7, 11) is -1.02. The van der Waals surface area contributed by atoms with E-state index in [4.69, 9.17) is 0 Å². The van der Waals surface area contributed by atoms with Crippen LogP contribution in [0.2, 0.25) is 18.1 Å². The van der Waals surface area contributed by atoms with Crippen molar-refractivity contribution in [3.63, 3.8) is 0 Å². The van der Waals surface area contributed by atoms with Crippen LogP contribution in [-0.2, 0) is 0 Å². The first-order valence-corrected chi connectivity index (χ1v) is 8.55. The highest BCUT2D eigenvalue weighted by molar-refractivity contribution is 14.1. The largest absolute Gasteiger partial charge is 0.103 e. The molecule has 66 valence electrons. The van der Waals surface area contributed by atoms with Crippen molar-refractivity contribution in [1.29, 1.82) is 0 Å². The van der Waals surface area contributed by atoms with Gasteiger partial charge < -0.3 is 0 Å². The molecule has 0 rings (SSSR count). The summed E-state index contributed by atoms with van der Waals surface area (Å²) in [4.78, 5) is 0. The normalized spacial score (nSPS) is 11.6. The first kappa shape index (κ1) is 11.7. The second-order valence-corrected chi connectivity index (χ2v) is 9.23. The van der Waals surface area contributed by atoms with Gasteiger partial charge in [-0.05, 0) is 0 Å². The topological polar surface area (TPSA) is 0 Å². The molecule has 0 fully saturated rings. The SMILES string of the molecule is C=C(CI)[Si](CC)(CC)CC. The molecular formula is C9H19ISi. The summed E-state index contributed by atoms with van der Waals surface area (Å²) < 4.78 is 1.17. The molecule has 0 aliphatic heterocycles. The zero-order chi connectivity index (χ0) is 8.91. The van der Waals surface area contributed by atoms with E-state index in [-0.39, 0.29) is 0 Å². The zero-order valence-corrected chi connectivity index (χ0v) is 11.1. The van der Waals surface area contributed by atoms with Crippen LogP contribution in [0.3, 0.4) is 0 Å². The van der Waals surface area contributed by atoms with Crippen molar-refractivity contribution >= 4 is 30.7 Å². The van der Waals surface area contributed by atoms with Crippen LogP contribution in [-0.4, -0.2) is 12.5 Å². The minimum atomic E-state index is -1.02. The van der Waals surface area contributed by atoms with E-state index >= 15 is 0 Å². The second kappa shape index (κ2) is 5.35. The molecule has 0 unspecified atom stereocenters. The fourth-order valence-electron chi connectivity index (χ4n) is 1.64. The van der Waals surface area contributed by atoms with Crippen molar-refractivity contribution in [2.24, 2.45) is 0 Å². The van der Waals surface area contributed by atoms with Crippen LogP contribution in [0.5, 0.6) is 0 Å². The molecule has 0 nitrogen and oxygen atoms in total. The third kappa shape index (κ3) is 2.58. The summed E-state index contributed by atoms with van der Waals surface area (Å²) in [6.45, 7) is 11.2. The third-order valence-electron chi connectivity index (χ3n) is 2.94. The van der Waals surface area contributed by atoms with Gasteiger partial charge in [-0.25, -0.2) is 0 Å². The Morgan fingerprint density at radius 3 is 1.64 bits per heavy atom. The molecule has 0 aromatic rings. The van der Waals surface area contributed by atoms with Crippen LogP contribution in [0.15, 0.2) is 11.8 Å². The minimum Gasteiger partial charge on any atom is -0.103 e. The van der Waals surface area contributed by atoms with Gasteiger partial charge in [0.05, 0.1) is 8.07 Å². The summed E-state index contributed by atoms with van der Waals surface area (Å²) >= 11 is 2.44. The van der Waals surface area contributed by atoms with E-state index in [1.807, 2.05) is 0 Å². The maximum Gasteiger partial charge on any atom is 0.0809 e. The van der Waals surface area contributed by atoms with E-state index in [9.17, 15) is 0 Å². The lowest BCUT2D eigenvalue weighted by Gasteiger charge is -2.29. The smallest absolute Gasteiger partial charge is 0.0809 e. The van der Waals surface area contributed by atoms with Crippen molar-refractivity contribution in [2.45, 2.75) is 38.9 Å². The Hall–Kier alpha value is 0.687. The van der Waals surface area contributed by atoms with E-state index in [0.717, 1.165) is 0 Å². The first-order chi connectivity index (χ1) is 5.16. The summed E-state index contributed by atoms with van der Waals surface area (Å²) in [6, 6.07) is 4.13. The van der Waals surface area contributed by atoms with Crippen LogP contribution < -0.4 is 0 Å². The maximum absolute atomic E-state index is 4.21. The van der Waals surface area contributed by atoms with Gasteiger partial charge in [-0.2, -0.15) is 0 Å². The number of allylic oxidation sites excluding steroid dienone is 1. The summed E-state index contributed by atoms with van der Waals surface area (Å²) in [5.41, 5.74) is 0. The van der Waals surface area contributed by atoms with E-state index in [1.54, 1.807) is 5.20 Å². The van der Waals surface area contributed by atoms with Crippen LogP contribution in [0, 0.1) is 0 Å². The van der Waals surface area contributed by atoms with E-state index in [0.29, 0.717) is 0 Å². The predicted octanol–water partition coefficient (Wildman–Crippen LogP) is 4.03. The molecule has 0 saturated heterocycles. The van der Waals surface area contributed by atoms with Gasteiger partial charge in [0.25, 0.3) is 0 Å². The molecule has 0 aromatic heterocycles. The molecule has 0 heterocycles. The van der Waals surface area contributed by atoms with Crippen molar-refractivity contribution in [3.8, 4) is 0 Å². The lowest BCUT2D eigenvalue weighted by atomic mass is 10.7. The molecule has 0 radical (unpaired) electrons. The Balaban J connectivity index is 4.39. The second-order valence-electron chi connectivity index (χ2n) is 3.08. The average molecular weight is 282 g/mol. The van der Waals surface area contributed by atoms with Crippen LogP contribution >= 0.6 is 22.6 Å². The van der Waals surface area contributed by atoms with Crippen LogP contribution in [0.25, 0.3) is 0 Å². The molecule has 0 atom stereocenters. The lowest BCUT2D eigenvalue weighted by molar-refractivity contribution is 1.17. The van der Waals surface area contributed by atoms with Crippen molar-refractivity contribution in [2.75, 3.05) is 4.43 Å². The Kier molecular flexibility index (Phi) is 5.69. The predicted molar refractivity (Wildman–Crippen MR) is 65.2 cm³/mol. The molecule has 0 aliphatic carbocycles. The Bertz CT molecular complexity index is 119. The molecule has 0 aliphatic rings. The molecule has 11 heavy (non-hydrogen) atoms. The standard InChI is InChI=1S/C9H19ISi/c1-5-11(6-2,7-3)9(4)8-10/h4-8H2,1-3H3. The maximum atomic E-state index is 4.21. The summed E-state index contributed by atoms with van der Waals surface area (Å²) in [5, 5.41) is 1.56. The van der Waals surface area contributed by atoms with Crippen molar-refractivity contribution < 1.29 is 0 Å². The number of alkyl halides is 1. The highest BCUT2D eigenvalue weighted by atomic mass is 127. The Morgan fingerprint density at radius 1 is 1.18 bits per heavy atom. The van der Waals surface area contributed by atoms with Gasteiger partial charge in [0.2, 0.25) is 0 Å². The molecule has 0 aromatic carbocycles. The molecular weight excluding hydrogens is 263 g/mol. The van der Waals surface area contributed by atoms with Crippen LogP contribution in [0.4, 0.5) is 0 Å². The minimum absolute atomic E-state index is 1.02. The molecule has 2 heteroatoms. The Labute approximate surface area is 85.6 Å². The van der Waals surface area contributed by atoms with Gasteiger partial charge in [0, 0.05) is 4.43 Å². The first-order valence-electron chi connectivity index (χ1n) is 4.41. The highest BCUT2D eigenvalue weighted by Crippen LogP contribution is 2.28. The molecule has 0 spiro atoms. The van der Waals surface area contributed by atoms with Crippen LogP contribution in [0.1, 0.15) is 20.8 Å². The van der Waals surface area contributed by atoms with Crippen molar-refractivity contribution in [3.05, 3.63) is 11.8 Å². The van der Waals surface area contributed by atoms with Crippen molar-refractivity contribution in [1.82, 2.24) is 0 Å². The quantitative estimate of drug-likeness (QED) is 0.406. The monoisotopic (exact) mass is 282 g/mol. The fourth-order valence-corrected chi connectivity index (χ4v) is 7.35. The zero-order valence-electron chi connectivity index (χ0n) is 7.91. The lowest BCUT2D eigenvalue weighted by Crippen LogP contribution is -2.34. The number of hydrogen-bond donors (Lipinski definition) is 0. The van der Waals surface area contributed by atoms with Gasteiger partial charge in [-0.3, -0.25) is 0 Å². The van der Waals surface area contributed by atoms with Gasteiger partial charge >= 0.3 is 0 Å². The Morgan fingerprint density at radius 2 is 1.55 bits per heavy atom. The van der Waals surface area contributed by atoms with E-state index in [2.05, 4.69) is 49.9 Å². The number of rotatable bonds is 5. The molecule has 0 amide bonds. The van der Waals surface area contributed by atoms with E-state index < -0.39 is 8.07 Å². The number of halogens is 1. The summed E-state index contributed by atoms with van der Waals surface area (Å²) in [6.07, 6.45) is 0. The summed E-state index contributed by atoms with van der Waals surface area (Å²) in [5.74, 6) is 0. The van der Waals surface area contributed by atoms with Gasteiger partial charge in [0.1, 0.15) is 0 Å². The highest BCUT2D eigenvalue weighted by Gasteiger charge is 2.28. The third-order valence-corrected chi connectivity index (χ3v) is 10.3. The number of hydrogen-bond acceptors (Lipinski definition) is 0. The van der Waals surface area contributed by atoms with E-state index in [1.165, 1.54) is 22.6 Å². The van der Waals surface area contributed by atoms with Gasteiger partial charge in [-0.15, -0.1) is 6.58 Å². The fraction of sp³-hybridized carbons (Fsp3) is 0.778. The molecule has 0 saturated carbocycles. The molecule has 0 bridgehead atoms. The van der Waals surface area contributed by atoms with Gasteiger partial charge in [0.15, 0.2) is 0 Å².